The third kappa shape index (κ3) is 4.97. The number of hydrogen-bond donors (Lipinski definition) is 1. The van der Waals surface area contributed by atoms with E-state index in [2.05, 4.69) is 0 Å². The van der Waals surface area contributed by atoms with Gasteiger partial charge in [-0.15, -0.1) is 0 Å². The predicted molar refractivity (Wildman–Crippen MR) is 124 cm³/mol. The van der Waals surface area contributed by atoms with E-state index < -0.39 is 45.3 Å². The van der Waals surface area contributed by atoms with Gasteiger partial charge < -0.3 is 0 Å². The minimum absolute atomic E-state index is 0.0740. The van der Waals surface area contributed by atoms with Gasteiger partial charge in [-0.2, -0.15) is 27.2 Å². The van der Waals surface area contributed by atoms with E-state index in [0.717, 1.165) is 18.4 Å². The minimum Gasteiger partial charge on any atom is -0.273 e. The molecule has 0 amide bonds. The molecule has 3 aromatic rings. The molecule has 0 spiro atoms. The van der Waals surface area contributed by atoms with Crippen LogP contribution in [-0.4, -0.2) is 32.8 Å². The van der Waals surface area contributed by atoms with Gasteiger partial charge >= 0.3 is 12.1 Å². The lowest BCUT2D eigenvalue weighted by atomic mass is 9.99. The van der Waals surface area contributed by atoms with Crippen LogP contribution in [0.5, 0.6) is 0 Å². The molecule has 1 unspecified atom stereocenters. The van der Waals surface area contributed by atoms with Crippen molar-refractivity contribution in [2.45, 2.75) is 23.0 Å². The molecule has 1 aliphatic heterocycles. The first-order valence-electron chi connectivity index (χ1n) is 10.7. The topological polar surface area (TPSA) is 73.2 Å². The van der Waals surface area contributed by atoms with Gasteiger partial charge in [-0.1, -0.05) is 24.3 Å². The van der Waals surface area contributed by atoms with Gasteiger partial charge in [-0.3, -0.25) is 5.01 Å². The molecule has 1 atom stereocenters. The van der Waals surface area contributed by atoms with Gasteiger partial charge in [-0.05, 0) is 53.1 Å². The summed E-state index contributed by atoms with van der Waals surface area (Å²) in [5.74, 6) is -7.45. The van der Waals surface area contributed by atoms with Crippen molar-refractivity contribution < 1.29 is 39.2 Å². The minimum atomic E-state index is -5.93. The van der Waals surface area contributed by atoms with Gasteiger partial charge in [0.15, 0.2) is 15.7 Å². The number of alkyl halides is 5. The molecule has 198 valence electrons. The maximum absolute atomic E-state index is 14.6. The smallest absolute Gasteiger partial charge is 0.273 e. The van der Waals surface area contributed by atoms with Crippen molar-refractivity contribution in [1.82, 2.24) is 5.43 Å². The standard InChI is InChI=1S/C25H16F7N3O2S/c1-38(36,37)22-8-5-15(10-17(22)13-33)14-3-2-4-16(9-14)21-12-23(24(28,29)25(30,31)32)34-35(21)20-7-6-18(26)11-19(20)27/h2-12,23,34H,1H3. The molecule has 0 aromatic heterocycles. The fourth-order valence-corrected chi connectivity index (χ4v) is 4.73. The molecule has 1 aliphatic rings. The number of nitrogens with one attached hydrogen (secondary N) is 1. The molecule has 1 N–H and O–H groups in total. The summed E-state index contributed by atoms with van der Waals surface area (Å²) >= 11 is 0. The monoisotopic (exact) mass is 555 g/mol. The highest BCUT2D eigenvalue weighted by Crippen LogP contribution is 2.43. The number of rotatable bonds is 5. The van der Waals surface area contributed by atoms with Crippen LogP contribution in [0, 0.1) is 23.0 Å². The molecule has 4 rings (SSSR count). The number of hydrazine groups is 1. The van der Waals surface area contributed by atoms with Crippen LogP contribution in [0.2, 0.25) is 0 Å². The van der Waals surface area contributed by atoms with Crippen LogP contribution in [0.25, 0.3) is 16.8 Å². The van der Waals surface area contributed by atoms with Gasteiger partial charge in [0.05, 0.1) is 21.8 Å². The second kappa shape index (κ2) is 9.45. The quantitative estimate of drug-likeness (QED) is 0.401. The number of nitriles is 1. The first-order valence-corrected chi connectivity index (χ1v) is 12.6. The summed E-state index contributed by atoms with van der Waals surface area (Å²) in [6, 6.07) is 10.9. The van der Waals surface area contributed by atoms with Gasteiger partial charge in [0.2, 0.25) is 0 Å². The lowest BCUT2D eigenvalue weighted by Gasteiger charge is -2.28. The Bertz CT molecular complexity index is 1600. The summed E-state index contributed by atoms with van der Waals surface area (Å²) in [5, 5.41) is 10.1. The molecule has 0 saturated carbocycles. The van der Waals surface area contributed by atoms with Gasteiger partial charge in [-0.25, -0.2) is 22.6 Å². The van der Waals surface area contributed by atoms with Crippen LogP contribution in [-0.2, 0) is 9.84 Å². The number of nitrogens with zero attached hydrogens (tertiary/aromatic N) is 2. The normalized spacial score (nSPS) is 16.3. The summed E-state index contributed by atoms with van der Waals surface area (Å²) in [4.78, 5) is -0.210. The Morgan fingerprint density at radius 3 is 2.18 bits per heavy atom. The molecule has 13 heteroatoms. The van der Waals surface area contributed by atoms with Gasteiger partial charge in [0.25, 0.3) is 0 Å². The van der Waals surface area contributed by atoms with E-state index in [4.69, 9.17) is 0 Å². The van der Waals surface area contributed by atoms with Crippen molar-refractivity contribution in [2.75, 3.05) is 11.3 Å². The molecule has 3 aromatic carbocycles. The van der Waals surface area contributed by atoms with E-state index >= 15 is 0 Å². The second-order valence-electron chi connectivity index (χ2n) is 8.39. The van der Waals surface area contributed by atoms with Crippen LogP contribution < -0.4 is 10.4 Å². The number of anilines is 1. The SMILES string of the molecule is CS(=O)(=O)c1ccc(-c2cccc(C3=CC(C(F)(F)C(F)(F)F)NN3c3ccc(F)cc3F)c2)cc1C#N. The molecular weight excluding hydrogens is 539 g/mol. The van der Waals surface area contributed by atoms with E-state index in [-0.39, 0.29) is 21.7 Å². The highest BCUT2D eigenvalue weighted by Gasteiger charge is 2.63. The molecule has 0 radical (unpaired) electrons. The molecule has 0 bridgehead atoms. The van der Waals surface area contributed by atoms with E-state index in [0.29, 0.717) is 28.3 Å². The summed E-state index contributed by atoms with van der Waals surface area (Å²) < 4.78 is 120. The highest BCUT2D eigenvalue weighted by atomic mass is 32.2. The van der Waals surface area contributed by atoms with E-state index in [1.165, 1.54) is 42.5 Å². The largest absolute Gasteiger partial charge is 0.455 e. The van der Waals surface area contributed by atoms with Crippen LogP contribution in [0.1, 0.15) is 11.1 Å². The number of benzene rings is 3. The zero-order chi connectivity index (χ0) is 28.0. The van der Waals surface area contributed by atoms with Gasteiger partial charge in [0, 0.05) is 12.3 Å². The Morgan fingerprint density at radius 1 is 0.921 bits per heavy atom. The summed E-state index contributed by atoms with van der Waals surface area (Å²) in [6.45, 7) is 0. The van der Waals surface area contributed by atoms with Gasteiger partial charge in [0.1, 0.15) is 17.9 Å². The van der Waals surface area contributed by atoms with Crippen LogP contribution in [0.15, 0.2) is 71.6 Å². The van der Waals surface area contributed by atoms with Crippen molar-refractivity contribution >= 4 is 21.2 Å². The lowest BCUT2D eigenvalue weighted by molar-refractivity contribution is -0.287. The molecular formula is C25H16F7N3O2S. The molecule has 0 fully saturated rings. The summed E-state index contributed by atoms with van der Waals surface area (Å²) in [6.07, 6.45) is -4.41. The first kappa shape index (κ1) is 27.2. The van der Waals surface area contributed by atoms with Crippen LogP contribution in [0.3, 0.4) is 0 Å². The Morgan fingerprint density at radius 2 is 1.58 bits per heavy atom. The van der Waals surface area contributed by atoms with Crippen molar-refractivity contribution in [3.63, 3.8) is 0 Å². The predicted octanol–water partition coefficient (Wildman–Crippen LogP) is 5.84. The zero-order valence-electron chi connectivity index (χ0n) is 19.2. The third-order valence-corrected chi connectivity index (χ3v) is 6.90. The third-order valence-electron chi connectivity index (χ3n) is 5.74. The van der Waals surface area contributed by atoms with Crippen molar-refractivity contribution in [3.8, 4) is 17.2 Å². The Labute approximate surface area is 212 Å². The molecule has 1 heterocycles. The molecule has 0 aliphatic carbocycles. The van der Waals surface area contributed by atoms with Crippen molar-refractivity contribution in [2.24, 2.45) is 0 Å². The van der Waals surface area contributed by atoms with Crippen LogP contribution >= 0.6 is 0 Å². The Kier molecular flexibility index (Phi) is 6.75. The zero-order valence-corrected chi connectivity index (χ0v) is 20.0. The number of halogens is 7. The maximum atomic E-state index is 14.6. The fourth-order valence-electron chi connectivity index (χ4n) is 3.91. The average Bonchev–Trinajstić information content (AvgIpc) is 3.28. The number of sulfone groups is 1. The van der Waals surface area contributed by atoms with Crippen molar-refractivity contribution in [3.05, 3.63) is 89.5 Å². The Hall–Kier alpha value is -3.89. The van der Waals surface area contributed by atoms with Crippen molar-refractivity contribution in [1.29, 1.82) is 5.26 Å². The van der Waals surface area contributed by atoms with E-state index in [1.54, 1.807) is 6.07 Å². The number of hydrogen-bond acceptors (Lipinski definition) is 5. The molecule has 0 saturated heterocycles. The molecule has 38 heavy (non-hydrogen) atoms. The highest BCUT2D eigenvalue weighted by molar-refractivity contribution is 7.90. The van der Waals surface area contributed by atoms with E-state index in [9.17, 15) is 44.4 Å². The van der Waals surface area contributed by atoms with Crippen LogP contribution in [0.4, 0.5) is 36.4 Å². The van der Waals surface area contributed by atoms with E-state index in [1.807, 2.05) is 5.43 Å². The summed E-state index contributed by atoms with van der Waals surface area (Å²) in [7, 11) is -3.71. The summed E-state index contributed by atoms with van der Waals surface area (Å²) in [5.41, 5.74) is 1.80. The fraction of sp³-hybridized carbons (Fsp3) is 0.160. The lowest BCUT2D eigenvalue weighted by Crippen LogP contribution is -2.54. The molecule has 5 nitrogen and oxygen atoms in total. The maximum Gasteiger partial charge on any atom is 0.455 e. The first-order chi connectivity index (χ1) is 17.6. The second-order valence-corrected chi connectivity index (χ2v) is 10.4. The average molecular weight is 555 g/mol. The Balaban J connectivity index is 1.84.